The zero-order valence-electron chi connectivity index (χ0n) is 8.31. The highest BCUT2D eigenvalue weighted by Gasteiger charge is 2.05. The summed E-state index contributed by atoms with van der Waals surface area (Å²) in [7, 11) is 0. The first kappa shape index (κ1) is 9.71. The van der Waals surface area contributed by atoms with Crippen LogP contribution < -0.4 is 0 Å². The summed E-state index contributed by atoms with van der Waals surface area (Å²) in [6.45, 7) is 2.76. The van der Waals surface area contributed by atoms with Crippen molar-refractivity contribution in [3.05, 3.63) is 36.4 Å². The van der Waals surface area contributed by atoms with Crippen LogP contribution in [-0.4, -0.2) is 14.9 Å². The van der Waals surface area contributed by atoms with Crippen LogP contribution >= 0.6 is 0 Å². The zero-order chi connectivity index (χ0) is 10.8. The molecule has 0 unspecified atom stereocenters. The van der Waals surface area contributed by atoms with Crippen molar-refractivity contribution < 1.29 is 9.50 Å². The number of phenols is 1. The Hall–Kier alpha value is -1.84. The second-order valence-corrected chi connectivity index (χ2v) is 3.25. The summed E-state index contributed by atoms with van der Waals surface area (Å²) in [6.07, 6.45) is 3.52. The second-order valence-electron chi connectivity index (χ2n) is 3.25. The molecule has 2 rings (SSSR count). The summed E-state index contributed by atoms with van der Waals surface area (Å²) in [4.78, 5) is 0. The fraction of sp³-hybridized carbons (Fsp3) is 0.182. The molecule has 0 spiro atoms. The van der Waals surface area contributed by atoms with E-state index in [2.05, 4.69) is 5.10 Å². The van der Waals surface area contributed by atoms with Gasteiger partial charge in [-0.1, -0.05) is 6.07 Å². The van der Waals surface area contributed by atoms with E-state index in [1.807, 2.05) is 13.1 Å². The predicted octanol–water partition coefficient (Wildman–Crippen LogP) is 2.41. The van der Waals surface area contributed by atoms with Gasteiger partial charge in [0.2, 0.25) is 0 Å². The van der Waals surface area contributed by atoms with Crippen molar-refractivity contribution in [3.63, 3.8) is 0 Å². The van der Waals surface area contributed by atoms with Crippen molar-refractivity contribution in [1.82, 2.24) is 9.78 Å². The van der Waals surface area contributed by atoms with E-state index in [1.165, 1.54) is 12.1 Å². The molecule has 0 saturated heterocycles. The normalized spacial score (nSPS) is 10.5. The summed E-state index contributed by atoms with van der Waals surface area (Å²) in [5, 5.41) is 13.1. The fourth-order valence-electron chi connectivity index (χ4n) is 1.37. The van der Waals surface area contributed by atoms with Crippen molar-refractivity contribution in [1.29, 1.82) is 0 Å². The van der Waals surface area contributed by atoms with E-state index < -0.39 is 5.82 Å². The molecule has 0 saturated carbocycles. The van der Waals surface area contributed by atoms with Crippen molar-refractivity contribution in [2.75, 3.05) is 0 Å². The number of aryl methyl sites for hydroxylation is 1. The first-order valence-corrected chi connectivity index (χ1v) is 4.72. The molecule has 0 aliphatic carbocycles. The van der Waals surface area contributed by atoms with Crippen LogP contribution in [0.3, 0.4) is 0 Å². The third kappa shape index (κ3) is 1.83. The molecular weight excluding hydrogens is 195 g/mol. The number of phenolic OH excluding ortho intramolecular Hbond substituents is 1. The lowest BCUT2D eigenvalue weighted by Gasteiger charge is -1.99. The molecule has 0 atom stereocenters. The fourth-order valence-corrected chi connectivity index (χ4v) is 1.37. The number of aromatic nitrogens is 2. The largest absolute Gasteiger partial charge is 0.505 e. The van der Waals surface area contributed by atoms with Gasteiger partial charge in [-0.3, -0.25) is 4.68 Å². The smallest absolute Gasteiger partial charge is 0.165 e. The highest BCUT2D eigenvalue weighted by Crippen LogP contribution is 2.24. The van der Waals surface area contributed by atoms with Gasteiger partial charge in [-0.15, -0.1) is 0 Å². The molecule has 78 valence electrons. The van der Waals surface area contributed by atoms with Crippen molar-refractivity contribution in [2.45, 2.75) is 13.5 Å². The van der Waals surface area contributed by atoms with Crippen LogP contribution in [0.25, 0.3) is 11.1 Å². The number of rotatable bonds is 2. The summed E-state index contributed by atoms with van der Waals surface area (Å²) in [5.41, 5.74) is 1.56. The van der Waals surface area contributed by atoms with E-state index in [4.69, 9.17) is 5.11 Å². The molecule has 1 N–H and O–H groups in total. The molecule has 15 heavy (non-hydrogen) atoms. The van der Waals surface area contributed by atoms with Gasteiger partial charge in [-0.05, 0) is 24.6 Å². The van der Waals surface area contributed by atoms with E-state index in [-0.39, 0.29) is 5.75 Å². The molecule has 1 heterocycles. The van der Waals surface area contributed by atoms with Crippen molar-refractivity contribution >= 4 is 0 Å². The lowest BCUT2D eigenvalue weighted by molar-refractivity contribution is 0.432. The maximum atomic E-state index is 13.1. The van der Waals surface area contributed by atoms with E-state index in [9.17, 15) is 4.39 Å². The van der Waals surface area contributed by atoms with Gasteiger partial charge in [-0.25, -0.2) is 4.39 Å². The standard InChI is InChI=1S/C11H11FN2O/c1-2-14-7-9(6-13-14)8-3-4-11(15)10(12)5-8/h3-7,15H,2H2,1H3. The Morgan fingerprint density at radius 2 is 2.20 bits per heavy atom. The van der Waals surface area contributed by atoms with Gasteiger partial charge in [0.1, 0.15) is 0 Å². The maximum Gasteiger partial charge on any atom is 0.165 e. The zero-order valence-corrected chi connectivity index (χ0v) is 8.31. The molecule has 0 aliphatic heterocycles. The summed E-state index contributed by atoms with van der Waals surface area (Å²) in [6, 6.07) is 4.30. The van der Waals surface area contributed by atoms with Crippen LogP contribution in [0.15, 0.2) is 30.6 Å². The minimum atomic E-state index is -0.614. The van der Waals surface area contributed by atoms with Crippen molar-refractivity contribution in [2.24, 2.45) is 0 Å². The third-order valence-electron chi connectivity index (χ3n) is 2.24. The molecular formula is C11H11FN2O. The Balaban J connectivity index is 2.40. The van der Waals surface area contributed by atoms with Crippen molar-refractivity contribution in [3.8, 4) is 16.9 Å². The SMILES string of the molecule is CCn1cc(-c2ccc(O)c(F)c2)cn1. The Morgan fingerprint density at radius 3 is 2.80 bits per heavy atom. The van der Waals surface area contributed by atoms with E-state index >= 15 is 0 Å². The van der Waals surface area contributed by atoms with Gasteiger partial charge in [0, 0.05) is 18.3 Å². The highest BCUT2D eigenvalue weighted by atomic mass is 19.1. The Labute approximate surface area is 86.8 Å². The number of nitrogens with zero attached hydrogens (tertiary/aromatic N) is 2. The topological polar surface area (TPSA) is 38.0 Å². The molecule has 0 amide bonds. The monoisotopic (exact) mass is 206 g/mol. The van der Waals surface area contributed by atoms with Gasteiger partial charge in [-0.2, -0.15) is 5.10 Å². The van der Waals surface area contributed by atoms with Gasteiger partial charge in [0.05, 0.1) is 6.20 Å². The number of halogens is 1. The van der Waals surface area contributed by atoms with E-state index in [0.29, 0.717) is 5.56 Å². The number of aromatic hydroxyl groups is 1. The van der Waals surface area contributed by atoms with Crippen LogP contribution in [0.2, 0.25) is 0 Å². The average Bonchev–Trinajstić information content (AvgIpc) is 2.70. The first-order chi connectivity index (χ1) is 7.20. The average molecular weight is 206 g/mol. The predicted molar refractivity (Wildman–Crippen MR) is 55.0 cm³/mol. The molecule has 0 fully saturated rings. The van der Waals surface area contributed by atoms with E-state index in [1.54, 1.807) is 16.9 Å². The Bertz CT molecular complexity index is 479. The molecule has 1 aromatic carbocycles. The van der Waals surface area contributed by atoms with Crippen LogP contribution in [0.1, 0.15) is 6.92 Å². The summed E-state index contributed by atoms with van der Waals surface area (Å²) < 4.78 is 14.8. The van der Waals surface area contributed by atoms with Gasteiger partial charge >= 0.3 is 0 Å². The van der Waals surface area contributed by atoms with E-state index in [0.717, 1.165) is 12.1 Å². The third-order valence-corrected chi connectivity index (χ3v) is 2.24. The number of hydrogen-bond acceptors (Lipinski definition) is 2. The lowest BCUT2D eigenvalue weighted by Crippen LogP contribution is -1.91. The molecule has 3 nitrogen and oxygen atoms in total. The minimum absolute atomic E-state index is 0.332. The quantitative estimate of drug-likeness (QED) is 0.819. The molecule has 2 aromatic rings. The molecule has 0 aliphatic rings. The van der Waals surface area contributed by atoms with Gasteiger partial charge < -0.3 is 5.11 Å². The van der Waals surface area contributed by atoms with Crippen LogP contribution in [0.5, 0.6) is 5.75 Å². The van der Waals surface area contributed by atoms with Crippen LogP contribution in [-0.2, 0) is 6.54 Å². The van der Waals surface area contributed by atoms with Gasteiger partial charge in [0.15, 0.2) is 11.6 Å². The molecule has 4 heteroatoms. The van der Waals surface area contributed by atoms with Crippen LogP contribution in [0, 0.1) is 5.82 Å². The molecule has 0 bridgehead atoms. The Kier molecular flexibility index (Phi) is 2.41. The minimum Gasteiger partial charge on any atom is -0.505 e. The summed E-state index contributed by atoms with van der Waals surface area (Å²) >= 11 is 0. The maximum absolute atomic E-state index is 13.1. The molecule has 1 aromatic heterocycles. The molecule has 0 radical (unpaired) electrons. The Morgan fingerprint density at radius 1 is 1.40 bits per heavy atom. The second kappa shape index (κ2) is 3.73. The lowest BCUT2D eigenvalue weighted by atomic mass is 10.1. The first-order valence-electron chi connectivity index (χ1n) is 4.72. The highest BCUT2D eigenvalue weighted by molar-refractivity contribution is 5.62. The number of benzene rings is 1. The van der Waals surface area contributed by atoms with Gasteiger partial charge in [0.25, 0.3) is 0 Å². The number of hydrogen-bond donors (Lipinski definition) is 1. The summed E-state index contributed by atoms with van der Waals surface area (Å²) in [5.74, 6) is -0.946. The van der Waals surface area contributed by atoms with Crippen LogP contribution in [0.4, 0.5) is 4.39 Å².